The third-order valence-electron chi connectivity index (χ3n) is 4.19. The molecule has 0 atom stereocenters. The molecular weight excluding hydrogens is 378 g/mol. The number of hydrogen-bond acceptors (Lipinski definition) is 4. The van der Waals surface area contributed by atoms with Crippen molar-refractivity contribution in [1.29, 1.82) is 0 Å². The van der Waals surface area contributed by atoms with E-state index in [2.05, 4.69) is 34.4 Å². The molecule has 4 nitrogen and oxygen atoms in total. The fourth-order valence-electron chi connectivity index (χ4n) is 2.73. The van der Waals surface area contributed by atoms with Gasteiger partial charge in [-0.15, -0.1) is 11.3 Å². The Hall–Kier alpha value is -2.37. The van der Waals surface area contributed by atoms with Gasteiger partial charge in [-0.25, -0.2) is 4.98 Å². The summed E-state index contributed by atoms with van der Waals surface area (Å²) in [6.45, 7) is 1.54. The Morgan fingerprint density at radius 3 is 2.67 bits per heavy atom. The summed E-state index contributed by atoms with van der Waals surface area (Å²) in [6, 6.07) is 17.8. The van der Waals surface area contributed by atoms with Gasteiger partial charge in [-0.2, -0.15) is 0 Å². The lowest BCUT2D eigenvalue weighted by Gasteiger charge is -2.19. The van der Waals surface area contributed by atoms with E-state index in [0.29, 0.717) is 11.6 Å². The minimum atomic E-state index is -0.00614. The van der Waals surface area contributed by atoms with Crippen LogP contribution < -0.4 is 10.2 Å². The number of carbonyl (C=O) groups is 1. The van der Waals surface area contributed by atoms with Crippen LogP contribution in [0.4, 0.5) is 5.69 Å². The Morgan fingerprint density at radius 2 is 1.89 bits per heavy atom. The van der Waals surface area contributed by atoms with Crippen molar-refractivity contribution in [3.8, 4) is 10.6 Å². The Balaban J connectivity index is 1.43. The molecule has 6 heteroatoms. The molecule has 0 aliphatic carbocycles. The summed E-state index contributed by atoms with van der Waals surface area (Å²) in [5, 5.41) is 6.40. The van der Waals surface area contributed by atoms with E-state index in [9.17, 15) is 4.79 Å². The Kier molecular flexibility index (Phi) is 6.85. The molecule has 3 rings (SSSR count). The van der Waals surface area contributed by atoms with E-state index in [-0.39, 0.29) is 12.3 Å². The molecule has 0 aliphatic rings. The normalized spacial score (nSPS) is 10.6. The van der Waals surface area contributed by atoms with Crippen LogP contribution in [-0.4, -0.2) is 31.0 Å². The number of hydrogen-bond donors (Lipinski definition) is 1. The van der Waals surface area contributed by atoms with Crippen molar-refractivity contribution in [2.45, 2.75) is 12.8 Å². The Labute approximate surface area is 168 Å². The summed E-state index contributed by atoms with van der Waals surface area (Å²) in [5.74, 6) is -0.00614. The molecule has 2 aromatic carbocycles. The highest BCUT2D eigenvalue weighted by molar-refractivity contribution is 7.13. The van der Waals surface area contributed by atoms with Crippen LogP contribution in [0.3, 0.4) is 0 Å². The second kappa shape index (κ2) is 9.53. The third kappa shape index (κ3) is 5.55. The van der Waals surface area contributed by atoms with Crippen LogP contribution in [0.5, 0.6) is 0 Å². The average Bonchev–Trinajstić information content (AvgIpc) is 3.14. The van der Waals surface area contributed by atoms with Gasteiger partial charge in [0.05, 0.1) is 17.1 Å². The lowest BCUT2D eigenvalue weighted by Crippen LogP contribution is -2.29. The molecule has 27 heavy (non-hydrogen) atoms. The summed E-state index contributed by atoms with van der Waals surface area (Å²) < 4.78 is 0. The van der Waals surface area contributed by atoms with E-state index in [1.54, 1.807) is 0 Å². The maximum Gasteiger partial charge on any atom is 0.226 e. The average molecular weight is 400 g/mol. The summed E-state index contributed by atoms with van der Waals surface area (Å²) >= 11 is 7.72. The predicted molar refractivity (Wildman–Crippen MR) is 114 cm³/mol. The number of anilines is 1. The molecule has 1 aromatic heterocycles. The predicted octanol–water partition coefficient (Wildman–Crippen LogP) is 4.65. The summed E-state index contributed by atoms with van der Waals surface area (Å²) in [4.78, 5) is 18.9. The fourth-order valence-corrected chi connectivity index (χ4v) is 3.87. The fraction of sp³-hybridized carbons (Fsp3) is 0.238. The lowest BCUT2D eigenvalue weighted by molar-refractivity contribution is -0.120. The van der Waals surface area contributed by atoms with Crippen molar-refractivity contribution in [3.63, 3.8) is 0 Å². The summed E-state index contributed by atoms with van der Waals surface area (Å²) in [7, 11) is 2.06. The first-order chi connectivity index (χ1) is 13.1. The second-order valence-corrected chi connectivity index (χ2v) is 7.53. The van der Waals surface area contributed by atoms with Crippen LogP contribution in [-0.2, 0) is 11.2 Å². The van der Waals surface area contributed by atoms with Gasteiger partial charge in [0.25, 0.3) is 0 Å². The number of halogens is 1. The number of nitrogens with zero attached hydrogens (tertiary/aromatic N) is 2. The van der Waals surface area contributed by atoms with Crippen molar-refractivity contribution in [2.75, 3.05) is 25.0 Å². The van der Waals surface area contributed by atoms with Crippen molar-refractivity contribution in [3.05, 3.63) is 70.7 Å². The molecule has 0 saturated heterocycles. The number of amides is 1. The zero-order chi connectivity index (χ0) is 19.1. The largest absolute Gasteiger partial charge is 0.375 e. The minimum Gasteiger partial charge on any atom is -0.375 e. The molecule has 0 bridgehead atoms. The van der Waals surface area contributed by atoms with Gasteiger partial charge in [0.2, 0.25) is 5.91 Å². The van der Waals surface area contributed by atoms with Crippen molar-refractivity contribution >= 4 is 34.5 Å². The molecule has 3 aromatic rings. The summed E-state index contributed by atoms with van der Waals surface area (Å²) in [6.07, 6.45) is 1.18. The van der Waals surface area contributed by atoms with E-state index >= 15 is 0 Å². The van der Waals surface area contributed by atoms with Crippen LogP contribution in [0.2, 0.25) is 5.02 Å². The number of benzene rings is 2. The number of nitrogens with one attached hydrogen (secondary N) is 1. The minimum absolute atomic E-state index is 0.00614. The van der Waals surface area contributed by atoms with Gasteiger partial charge in [0.15, 0.2) is 0 Å². The molecule has 140 valence electrons. The van der Waals surface area contributed by atoms with Crippen LogP contribution in [0, 0.1) is 0 Å². The molecule has 0 saturated carbocycles. The molecule has 1 N–H and O–H groups in total. The van der Waals surface area contributed by atoms with E-state index < -0.39 is 0 Å². The van der Waals surface area contributed by atoms with Gasteiger partial charge in [0, 0.05) is 36.8 Å². The second-order valence-electron chi connectivity index (χ2n) is 6.26. The maximum atomic E-state index is 12.2. The Bertz CT molecular complexity index is 882. The number of para-hydroxylation sites is 1. The van der Waals surface area contributed by atoms with Gasteiger partial charge in [-0.3, -0.25) is 4.79 Å². The van der Waals surface area contributed by atoms with Gasteiger partial charge >= 0.3 is 0 Å². The van der Waals surface area contributed by atoms with Crippen LogP contribution >= 0.6 is 22.9 Å². The monoisotopic (exact) mass is 399 g/mol. The van der Waals surface area contributed by atoms with Crippen LogP contribution in [0.15, 0.2) is 60.0 Å². The molecule has 1 heterocycles. The highest BCUT2D eigenvalue weighted by atomic mass is 35.5. The van der Waals surface area contributed by atoms with Crippen LogP contribution in [0.1, 0.15) is 12.1 Å². The molecule has 0 unspecified atom stereocenters. The van der Waals surface area contributed by atoms with Crippen molar-refractivity contribution in [1.82, 2.24) is 10.3 Å². The van der Waals surface area contributed by atoms with E-state index in [4.69, 9.17) is 11.6 Å². The first-order valence-corrected chi connectivity index (χ1v) is 10.1. The van der Waals surface area contributed by atoms with Crippen molar-refractivity contribution in [2.24, 2.45) is 0 Å². The zero-order valence-electron chi connectivity index (χ0n) is 15.2. The highest BCUT2D eigenvalue weighted by Crippen LogP contribution is 2.30. The standard InChI is InChI=1S/C21H22ClN3OS/c1-25(17-8-3-2-4-9-17)13-7-12-23-20(26)14-16-15-27-21(24-16)18-10-5-6-11-19(18)22/h2-6,8-11,15H,7,12-14H2,1H3,(H,23,26). The van der Waals surface area contributed by atoms with E-state index in [1.807, 2.05) is 47.8 Å². The molecule has 0 radical (unpaired) electrons. The number of rotatable bonds is 8. The molecule has 1 amide bonds. The molecule has 0 fully saturated rings. The first-order valence-electron chi connectivity index (χ1n) is 8.85. The number of thiazole rings is 1. The van der Waals surface area contributed by atoms with Gasteiger partial charge in [0.1, 0.15) is 5.01 Å². The van der Waals surface area contributed by atoms with Gasteiger partial charge in [-0.05, 0) is 24.6 Å². The van der Waals surface area contributed by atoms with Crippen molar-refractivity contribution < 1.29 is 4.79 Å². The Morgan fingerprint density at radius 1 is 1.15 bits per heavy atom. The lowest BCUT2D eigenvalue weighted by atomic mass is 10.2. The SMILES string of the molecule is CN(CCCNC(=O)Cc1csc(-c2ccccc2Cl)n1)c1ccccc1. The smallest absolute Gasteiger partial charge is 0.226 e. The van der Waals surface area contributed by atoms with Gasteiger partial charge in [-0.1, -0.05) is 48.0 Å². The first kappa shape index (κ1) is 19.4. The van der Waals surface area contributed by atoms with Gasteiger partial charge < -0.3 is 10.2 Å². The van der Waals surface area contributed by atoms with E-state index in [0.717, 1.165) is 29.2 Å². The summed E-state index contributed by atoms with van der Waals surface area (Å²) in [5.41, 5.74) is 2.85. The highest BCUT2D eigenvalue weighted by Gasteiger charge is 2.11. The quantitative estimate of drug-likeness (QED) is 0.561. The number of aromatic nitrogens is 1. The van der Waals surface area contributed by atoms with Crippen LogP contribution in [0.25, 0.3) is 10.6 Å². The molecule has 0 aliphatic heterocycles. The zero-order valence-corrected chi connectivity index (χ0v) is 16.8. The topological polar surface area (TPSA) is 45.2 Å². The third-order valence-corrected chi connectivity index (χ3v) is 5.44. The molecule has 0 spiro atoms. The number of carbonyl (C=O) groups excluding carboxylic acids is 1. The molecular formula is C21H22ClN3OS. The maximum absolute atomic E-state index is 12.2. The van der Waals surface area contributed by atoms with E-state index in [1.165, 1.54) is 17.0 Å².